The van der Waals surface area contributed by atoms with Gasteiger partial charge in [0.25, 0.3) is 0 Å². The molecular weight excluding hydrogens is 242 g/mol. The van der Waals surface area contributed by atoms with Gasteiger partial charge in [0.05, 0.1) is 0 Å². The molecule has 76 valence electrons. The van der Waals surface area contributed by atoms with E-state index in [4.69, 9.17) is 0 Å². The third kappa shape index (κ3) is 3.50. The summed E-state index contributed by atoms with van der Waals surface area (Å²) in [7, 11) is 0. The number of nitrogens with one attached hydrogen (secondary N) is 1. The van der Waals surface area contributed by atoms with Gasteiger partial charge in [-0.25, -0.2) is 0 Å². The summed E-state index contributed by atoms with van der Waals surface area (Å²) in [5.74, 6) is 0.0825. The Morgan fingerprint density at radius 2 is 2.00 bits per heavy atom. The lowest BCUT2D eigenvalue weighted by molar-refractivity contribution is -0.116. The minimum atomic E-state index is 0.0825. The molecule has 0 aliphatic rings. The Kier molecular flexibility index (Phi) is 4.66. The van der Waals surface area contributed by atoms with E-state index in [1.165, 1.54) is 5.56 Å². The zero-order valence-electron chi connectivity index (χ0n) is 8.22. The first-order valence-electron chi connectivity index (χ1n) is 4.71. The lowest BCUT2D eigenvalue weighted by Gasteiger charge is -2.04. The van der Waals surface area contributed by atoms with Crippen molar-refractivity contribution < 1.29 is 4.79 Å². The van der Waals surface area contributed by atoms with Crippen molar-refractivity contribution in [3.63, 3.8) is 0 Å². The van der Waals surface area contributed by atoms with E-state index in [1.807, 2.05) is 31.2 Å². The van der Waals surface area contributed by atoms with Crippen LogP contribution < -0.4 is 5.32 Å². The van der Waals surface area contributed by atoms with Gasteiger partial charge in [0, 0.05) is 17.4 Å². The zero-order valence-corrected chi connectivity index (χ0v) is 9.80. The Morgan fingerprint density at radius 3 is 2.50 bits per heavy atom. The highest BCUT2D eigenvalue weighted by atomic mass is 79.9. The zero-order chi connectivity index (χ0) is 10.4. The van der Waals surface area contributed by atoms with E-state index in [-0.39, 0.29) is 5.91 Å². The summed E-state index contributed by atoms with van der Waals surface area (Å²) in [4.78, 5) is 11.2. The van der Waals surface area contributed by atoms with Gasteiger partial charge >= 0.3 is 0 Å². The molecule has 1 N–H and O–H groups in total. The summed E-state index contributed by atoms with van der Waals surface area (Å²) in [6, 6.07) is 7.83. The van der Waals surface area contributed by atoms with E-state index in [9.17, 15) is 4.79 Å². The molecule has 0 saturated carbocycles. The van der Waals surface area contributed by atoms with Crippen LogP contribution >= 0.6 is 15.9 Å². The van der Waals surface area contributed by atoms with Crippen LogP contribution in [0.4, 0.5) is 5.69 Å². The molecule has 0 bridgehead atoms. The number of hydrogen-bond acceptors (Lipinski definition) is 1. The highest BCUT2D eigenvalue weighted by Gasteiger charge is 1.99. The summed E-state index contributed by atoms with van der Waals surface area (Å²) >= 11 is 3.37. The van der Waals surface area contributed by atoms with Gasteiger partial charge in [0.2, 0.25) is 5.91 Å². The monoisotopic (exact) mass is 255 g/mol. The molecule has 1 aromatic carbocycles. The number of rotatable bonds is 4. The largest absolute Gasteiger partial charge is 0.326 e. The van der Waals surface area contributed by atoms with Gasteiger partial charge in [-0.05, 0) is 24.1 Å². The van der Waals surface area contributed by atoms with Gasteiger partial charge < -0.3 is 5.32 Å². The van der Waals surface area contributed by atoms with Crippen LogP contribution in [0.1, 0.15) is 25.3 Å². The Morgan fingerprint density at radius 1 is 1.36 bits per heavy atom. The number of amides is 1. The molecule has 1 aromatic rings. The number of halogens is 1. The van der Waals surface area contributed by atoms with E-state index in [1.54, 1.807) is 0 Å². The van der Waals surface area contributed by atoms with Crippen molar-refractivity contribution in [1.82, 2.24) is 0 Å². The lowest BCUT2D eigenvalue weighted by Crippen LogP contribution is -2.10. The second-order valence-corrected chi connectivity index (χ2v) is 3.69. The predicted molar refractivity (Wildman–Crippen MR) is 62.6 cm³/mol. The minimum Gasteiger partial charge on any atom is -0.326 e. The van der Waals surface area contributed by atoms with Crippen molar-refractivity contribution in [2.45, 2.75) is 25.1 Å². The molecule has 0 aliphatic carbocycles. The van der Waals surface area contributed by atoms with Crippen molar-refractivity contribution in [3.05, 3.63) is 29.8 Å². The molecule has 0 aromatic heterocycles. The summed E-state index contributed by atoms with van der Waals surface area (Å²) in [6.45, 7) is 1.99. The minimum absolute atomic E-state index is 0.0825. The topological polar surface area (TPSA) is 29.1 Å². The Hall–Kier alpha value is -0.830. The van der Waals surface area contributed by atoms with Crippen molar-refractivity contribution in [3.8, 4) is 0 Å². The van der Waals surface area contributed by atoms with Gasteiger partial charge in [-0.3, -0.25) is 4.79 Å². The highest BCUT2D eigenvalue weighted by Crippen LogP contribution is 2.12. The third-order valence-corrected chi connectivity index (χ3v) is 2.52. The molecule has 3 heteroatoms. The number of hydrogen-bond donors (Lipinski definition) is 1. The Balaban J connectivity index is 2.55. The Bertz CT molecular complexity index is 295. The van der Waals surface area contributed by atoms with Crippen LogP contribution in [0.2, 0.25) is 0 Å². The van der Waals surface area contributed by atoms with Gasteiger partial charge in [0.15, 0.2) is 0 Å². The maximum atomic E-state index is 11.2. The SMILES string of the molecule is CCCC(=O)Nc1ccc(CBr)cc1. The molecule has 0 radical (unpaired) electrons. The molecule has 2 nitrogen and oxygen atoms in total. The summed E-state index contributed by atoms with van der Waals surface area (Å²) < 4.78 is 0. The first kappa shape index (κ1) is 11.2. The second kappa shape index (κ2) is 5.81. The molecule has 0 unspecified atom stereocenters. The summed E-state index contributed by atoms with van der Waals surface area (Å²) in [5.41, 5.74) is 2.08. The lowest BCUT2D eigenvalue weighted by atomic mass is 10.2. The van der Waals surface area contributed by atoms with Crippen molar-refractivity contribution in [1.29, 1.82) is 0 Å². The maximum Gasteiger partial charge on any atom is 0.224 e. The van der Waals surface area contributed by atoms with E-state index in [2.05, 4.69) is 21.2 Å². The Labute approximate surface area is 92.8 Å². The molecule has 0 heterocycles. The number of anilines is 1. The van der Waals surface area contributed by atoms with Gasteiger partial charge in [-0.15, -0.1) is 0 Å². The average molecular weight is 256 g/mol. The number of carbonyl (C=O) groups excluding carboxylic acids is 1. The molecule has 0 aliphatic heterocycles. The standard InChI is InChI=1S/C11H14BrNO/c1-2-3-11(14)13-10-6-4-9(8-12)5-7-10/h4-7H,2-3,8H2,1H3,(H,13,14). The van der Waals surface area contributed by atoms with Gasteiger partial charge in [0.1, 0.15) is 0 Å². The van der Waals surface area contributed by atoms with Gasteiger partial charge in [-0.2, -0.15) is 0 Å². The van der Waals surface area contributed by atoms with E-state index in [0.717, 1.165) is 17.4 Å². The van der Waals surface area contributed by atoms with Crippen LogP contribution in [-0.4, -0.2) is 5.91 Å². The van der Waals surface area contributed by atoms with Crippen LogP contribution in [0.5, 0.6) is 0 Å². The van der Waals surface area contributed by atoms with Crippen LogP contribution in [0.15, 0.2) is 24.3 Å². The number of alkyl halides is 1. The fourth-order valence-electron chi connectivity index (χ4n) is 1.13. The first-order valence-corrected chi connectivity index (χ1v) is 5.83. The first-order chi connectivity index (χ1) is 6.76. The normalized spacial score (nSPS) is 9.86. The molecule has 1 amide bonds. The molecule has 0 atom stereocenters. The van der Waals surface area contributed by atoms with Gasteiger partial charge in [-0.1, -0.05) is 35.0 Å². The van der Waals surface area contributed by atoms with E-state index in [0.29, 0.717) is 6.42 Å². The van der Waals surface area contributed by atoms with E-state index >= 15 is 0 Å². The molecule has 14 heavy (non-hydrogen) atoms. The summed E-state index contributed by atoms with van der Waals surface area (Å²) in [5, 5.41) is 3.68. The van der Waals surface area contributed by atoms with Crippen molar-refractivity contribution in [2.24, 2.45) is 0 Å². The molecule has 0 fully saturated rings. The van der Waals surface area contributed by atoms with Crippen molar-refractivity contribution >= 4 is 27.5 Å². The fraction of sp³-hybridized carbons (Fsp3) is 0.364. The quantitative estimate of drug-likeness (QED) is 0.822. The van der Waals surface area contributed by atoms with Crippen LogP contribution in [0.25, 0.3) is 0 Å². The van der Waals surface area contributed by atoms with Crippen LogP contribution in [-0.2, 0) is 10.1 Å². The predicted octanol–water partition coefficient (Wildman–Crippen LogP) is 3.32. The van der Waals surface area contributed by atoms with E-state index < -0.39 is 0 Å². The van der Waals surface area contributed by atoms with Crippen LogP contribution in [0.3, 0.4) is 0 Å². The molecular formula is C11H14BrNO. The average Bonchev–Trinajstić information content (AvgIpc) is 2.19. The van der Waals surface area contributed by atoms with Crippen molar-refractivity contribution in [2.75, 3.05) is 5.32 Å². The second-order valence-electron chi connectivity index (χ2n) is 3.13. The number of carbonyl (C=O) groups is 1. The smallest absolute Gasteiger partial charge is 0.224 e. The fourth-order valence-corrected chi connectivity index (χ4v) is 1.50. The third-order valence-electron chi connectivity index (χ3n) is 1.87. The molecule has 0 spiro atoms. The molecule has 1 rings (SSSR count). The summed E-state index contributed by atoms with van der Waals surface area (Å²) in [6.07, 6.45) is 1.46. The number of benzene rings is 1. The maximum absolute atomic E-state index is 11.2. The highest BCUT2D eigenvalue weighted by molar-refractivity contribution is 9.08. The van der Waals surface area contributed by atoms with Crippen LogP contribution in [0, 0.1) is 0 Å². The molecule has 0 saturated heterocycles.